The molecule has 5 nitrogen and oxygen atoms in total. The van der Waals surface area contributed by atoms with Crippen LogP contribution in [0.25, 0.3) is 21.9 Å². The molecule has 1 aromatic heterocycles. The van der Waals surface area contributed by atoms with Crippen LogP contribution in [-0.2, 0) is 0 Å². The standard InChI is InChI=1S/C20H15N3O2S/c1-2-24-18-12-14(7-8-17(18)25-10-9-21)11-15(13-22)20-23-16-5-3-4-6-19(16)26-20/h3-8,11-12H,2,10H2,1H3/b15-11-. The molecule has 0 saturated heterocycles. The Balaban J connectivity index is 1.97. The van der Waals surface area contributed by atoms with Gasteiger partial charge in [0.15, 0.2) is 18.1 Å². The van der Waals surface area contributed by atoms with E-state index in [4.69, 9.17) is 14.7 Å². The minimum Gasteiger partial charge on any atom is -0.490 e. The van der Waals surface area contributed by atoms with Crippen molar-refractivity contribution in [3.05, 3.63) is 53.0 Å². The SMILES string of the molecule is CCOc1cc(/C=C(/C#N)c2nc3ccccc3s2)ccc1OCC#N. The third-order valence-corrected chi connectivity index (χ3v) is 4.59. The summed E-state index contributed by atoms with van der Waals surface area (Å²) in [5.74, 6) is 1.04. The Kier molecular flexibility index (Phi) is 5.48. The number of benzene rings is 2. The lowest BCUT2D eigenvalue weighted by molar-refractivity contribution is 0.298. The van der Waals surface area contributed by atoms with Gasteiger partial charge in [0.05, 0.1) is 22.4 Å². The molecule has 0 unspecified atom stereocenters. The van der Waals surface area contributed by atoms with Gasteiger partial charge in [0.2, 0.25) is 0 Å². The molecule has 6 heteroatoms. The molecule has 0 N–H and O–H groups in total. The summed E-state index contributed by atoms with van der Waals surface area (Å²) in [6.45, 7) is 2.29. The van der Waals surface area contributed by atoms with Gasteiger partial charge in [0, 0.05) is 0 Å². The second-order valence-electron chi connectivity index (χ2n) is 5.24. The number of thiazole rings is 1. The first-order chi connectivity index (χ1) is 12.7. The number of hydrogen-bond acceptors (Lipinski definition) is 6. The largest absolute Gasteiger partial charge is 0.490 e. The monoisotopic (exact) mass is 361 g/mol. The molecule has 0 fully saturated rings. The van der Waals surface area contributed by atoms with Gasteiger partial charge in [-0.1, -0.05) is 18.2 Å². The van der Waals surface area contributed by atoms with Gasteiger partial charge in [-0.15, -0.1) is 11.3 Å². The van der Waals surface area contributed by atoms with Gasteiger partial charge in [-0.25, -0.2) is 4.98 Å². The van der Waals surface area contributed by atoms with E-state index >= 15 is 0 Å². The number of fused-ring (bicyclic) bond motifs is 1. The number of rotatable bonds is 6. The third kappa shape index (κ3) is 3.83. The summed E-state index contributed by atoms with van der Waals surface area (Å²) in [6, 6.07) is 17.3. The molecule has 0 aliphatic heterocycles. The van der Waals surface area contributed by atoms with E-state index < -0.39 is 0 Å². The van der Waals surface area contributed by atoms with Gasteiger partial charge in [-0.2, -0.15) is 10.5 Å². The van der Waals surface area contributed by atoms with Crippen molar-refractivity contribution in [3.63, 3.8) is 0 Å². The number of para-hydroxylation sites is 1. The van der Waals surface area contributed by atoms with Crippen LogP contribution in [0.4, 0.5) is 0 Å². The van der Waals surface area contributed by atoms with E-state index in [2.05, 4.69) is 11.1 Å². The molecule has 3 aromatic rings. The summed E-state index contributed by atoms with van der Waals surface area (Å²) < 4.78 is 12.0. The average molecular weight is 361 g/mol. The molecular weight excluding hydrogens is 346 g/mol. The highest BCUT2D eigenvalue weighted by atomic mass is 32.1. The summed E-state index contributed by atoms with van der Waals surface area (Å²) >= 11 is 1.48. The van der Waals surface area contributed by atoms with Crippen molar-refractivity contribution in [2.75, 3.05) is 13.2 Å². The van der Waals surface area contributed by atoms with E-state index in [0.29, 0.717) is 28.7 Å². The van der Waals surface area contributed by atoms with E-state index in [1.165, 1.54) is 11.3 Å². The van der Waals surface area contributed by atoms with Crippen molar-refractivity contribution < 1.29 is 9.47 Å². The van der Waals surface area contributed by atoms with Crippen LogP contribution in [0.3, 0.4) is 0 Å². The van der Waals surface area contributed by atoms with Crippen LogP contribution >= 0.6 is 11.3 Å². The summed E-state index contributed by atoms with van der Waals surface area (Å²) in [6.07, 6.45) is 1.77. The van der Waals surface area contributed by atoms with Crippen LogP contribution in [0.2, 0.25) is 0 Å². The van der Waals surface area contributed by atoms with E-state index in [-0.39, 0.29) is 6.61 Å². The molecule has 26 heavy (non-hydrogen) atoms. The van der Waals surface area contributed by atoms with E-state index in [1.807, 2.05) is 43.3 Å². The zero-order chi connectivity index (χ0) is 18.4. The Morgan fingerprint density at radius 3 is 2.73 bits per heavy atom. The van der Waals surface area contributed by atoms with E-state index in [9.17, 15) is 5.26 Å². The molecule has 0 spiro atoms. The predicted octanol–water partition coefficient (Wildman–Crippen LogP) is 4.66. The molecule has 0 aliphatic rings. The van der Waals surface area contributed by atoms with Gasteiger partial charge >= 0.3 is 0 Å². The lowest BCUT2D eigenvalue weighted by atomic mass is 10.1. The second kappa shape index (κ2) is 8.15. The molecule has 0 radical (unpaired) electrons. The van der Waals surface area contributed by atoms with Crippen molar-refractivity contribution in [2.45, 2.75) is 6.92 Å². The van der Waals surface area contributed by atoms with Crippen LogP contribution in [0, 0.1) is 22.7 Å². The minimum absolute atomic E-state index is 0.0512. The van der Waals surface area contributed by atoms with Crippen LogP contribution in [0.15, 0.2) is 42.5 Å². The number of allylic oxidation sites excluding steroid dienone is 1. The van der Waals surface area contributed by atoms with Gasteiger partial charge in [-0.05, 0) is 42.8 Å². The first kappa shape index (κ1) is 17.5. The zero-order valence-corrected chi connectivity index (χ0v) is 14.9. The predicted molar refractivity (Wildman–Crippen MR) is 102 cm³/mol. The molecule has 0 aliphatic carbocycles. The number of ether oxygens (including phenoxy) is 2. The van der Waals surface area contributed by atoms with Crippen LogP contribution < -0.4 is 9.47 Å². The van der Waals surface area contributed by atoms with E-state index in [0.717, 1.165) is 15.8 Å². The molecule has 3 rings (SSSR count). The summed E-state index contributed by atoms with van der Waals surface area (Å²) in [5, 5.41) is 18.9. The van der Waals surface area contributed by atoms with Crippen molar-refractivity contribution in [1.82, 2.24) is 4.98 Å². The number of nitrogens with zero attached hydrogens (tertiary/aromatic N) is 3. The highest BCUT2D eigenvalue weighted by Crippen LogP contribution is 2.32. The van der Waals surface area contributed by atoms with Gasteiger partial charge in [0.1, 0.15) is 17.1 Å². The molecule has 0 saturated carbocycles. The smallest absolute Gasteiger partial charge is 0.174 e. The highest BCUT2D eigenvalue weighted by molar-refractivity contribution is 7.19. The molecule has 0 amide bonds. The topological polar surface area (TPSA) is 78.9 Å². The Morgan fingerprint density at radius 1 is 1.15 bits per heavy atom. The van der Waals surface area contributed by atoms with Crippen molar-refractivity contribution in [2.24, 2.45) is 0 Å². The first-order valence-electron chi connectivity index (χ1n) is 7.99. The normalized spacial score (nSPS) is 11.0. The Hall–Kier alpha value is -3.35. The molecule has 1 heterocycles. The lowest BCUT2D eigenvalue weighted by Gasteiger charge is -2.10. The third-order valence-electron chi connectivity index (χ3n) is 3.52. The molecule has 0 bridgehead atoms. The molecular formula is C20H15N3O2S. The maximum absolute atomic E-state index is 9.57. The quantitative estimate of drug-likeness (QED) is 0.597. The first-order valence-corrected chi connectivity index (χ1v) is 8.81. The average Bonchev–Trinajstić information content (AvgIpc) is 3.09. The van der Waals surface area contributed by atoms with E-state index in [1.54, 1.807) is 18.2 Å². The van der Waals surface area contributed by atoms with Crippen LogP contribution in [-0.4, -0.2) is 18.2 Å². The second-order valence-corrected chi connectivity index (χ2v) is 6.27. The Labute approximate surface area is 155 Å². The maximum Gasteiger partial charge on any atom is 0.174 e. The number of nitriles is 2. The summed E-state index contributed by atoms with van der Waals surface area (Å²) in [7, 11) is 0. The van der Waals surface area contributed by atoms with Crippen LogP contribution in [0.5, 0.6) is 11.5 Å². The van der Waals surface area contributed by atoms with Crippen molar-refractivity contribution >= 4 is 33.2 Å². The fraction of sp³-hybridized carbons (Fsp3) is 0.150. The fourth-order valence-corrected chi connectivity index (χ4v) is 3.34. The Bertz CT molecular complexity index is 1010. The van der Waals surface area contributed by atoms with Gasteiger partial charge in [-0.3, -0.25) is 0 Å². The van der Waals surface area contributed by atoms with Gasteiger partial charge in [0.25, 0.3) is 0 Å². The molecule has 0 atom stereocenters. The highest BCUT2D eigenvalue weighted by Gasteiger charge is 2.10. The van der Waals surface area contributed by atoms with Crippen LogP contribution in [0.1, 0.15) is 17.5 Å². The minimum atomic E-state index is -0.0512. The Morgan fingerprint density at radius 2 is 2.00 bits per heavy atom. The fourth-order valence-electron chi connectivity index (χ4n) is 2.41. The molecule has 128 valence electrons. The lowest BCUT2D eigenvalue weighted by Crippen LogP contribution is -1.99. The summed E-state index contributed by atoms with van der Waals surface area (Å²) in [5.41, 5.74) is 2.16. The number of aromatic nitrogens is 1. The maximum atomic E-state index is 9.57. The van der Waals surface area contributed by atoms with Crippen molar-refractivity contribution in [1.29, 1.82) is 10.5 Å². The summed E-state index contributed by atoms with van der Waals surface area (Å²) in [4.78, 5) is 4.53. The van der Waals surface area contributed by atoms with Crippen molar-refractivity contribution in [3.8, 4) is 23.6 Å². The zero-order valence-electron chi connectivity index (χ0n) is 14.1. The number of hydrogen-bond donors (Lipinski definition) is 0. The van der Waals surface area contributed by atoms with Gasteiger partial charge < -0.3 is 9.47 Å². The molecule has 2 aromatic carbocycles.